The lowest BCUT2D eigenvalue weighted by Gasteiger charge is -2.50. The van der Waals surface area contributed by atoms with Crippen molar-refractivity contribution in [3.05, 3.63) is 45.9 Å². The van der Waals surface area contributed by atoms with Crippen molar-refractivity contribution in [2.24, 2.45) is 17.6 Å². The molecule has 216 valence electrons. The van der Waals surface area contributed by atoms with Crippen LogP contribution in [0.2, 0.25) is 0 Å². The number of carbonyl (C=O) groups is 3. The average Bonchev–Trinajstić information content (AvgIpc) is 2.87. The molecule has 3 aliphatic carbocycles. The number of hydrogen-bond donors (Lipinski definition) is 6. The van der Waals surface area contributed by atoms with Crippen molar-refractivity contribution in [2.75, 3.05) is 32.5 Å². The summed E-state index contributed by atoms with van der Waals surface area (Å²) in [4.78, 5) is 43.3. The zero-order chi connectivity index (χ0) is 29.3. The molecule has 0 spiro atoms. The first-order valence-electron chi connectivity index (χ1n) is 13.8. The number of anilines is 1. The number of nitrogens with zero attached hydrogens (tertiary/aromatic N) is 2. The van der Waals surface area contributed by atoms with Gasteiger partial charge in [-0.15, -0.1) is 0 Å². The molecule has 40 heavy (non-hydrogen) atoms. The van der Waals surface area contributed by atoms with Gasteiger partial charge in [-0.1, -0.05) is 6.07 Å². The Hall–Kier alpha value is -3.41. The second-order valence-electron chi connectivity index (χ2n) is 12.0. The van der Waals surface area contributed by atoms with Crippen molar-refractivity contribution in [1.82, 2.24) is 9.80 Å². The Kier molecular flexibility index (Phi) is 6.96. The Labute approximate surface area is 232 Å². The van der Waals surface area contributed by atoms with Gasteiger partial charge in [0, 0.05) is 36.7 Å². The second-order valence-corrected chi connectivity index (χ2v) is 12.0. The molecule has 0 bridgehead atoms. The summed E-state index contributed by atoms with van der Waals surface area (Å²) in [5, 5.41) is 48.6. The van der Waals surface area contributed by atoms with E-state index in [0.717, 1.165) is 25.9 Å². The molecule has 1 heterocycles. The van der Waals surface area contributed by atoms with Crippen molar-refractivity contribution in [1.29, 1.82) is 0 Å². The maximum atomic E-state index is 13.9. The fourth-order valence-corrected chi connectivity index (χ4v) is 7.12. The van der Waals surface area contributed by atoms with Gasteiger partial charge in [-0.3, -0.25) is 19.3 Å². The number of piperidine rings is 1. The first-order chi connectivity index (χ1) is 18.8. The standard InChI is InChI=1S/C29H38N4O7/c1-13(2)33-9-7-16(8-10-33)31-18-6-5-14-11-15-12-17-22(32(3)4)25(36)21(28(30)39)27(38)29(17,40)26(37)20(15)24(35)19(14)23(18)34/h5-6,13,15-17,22,31,34,36-37,40H,7-12H2,1-4H3,(H2,30,39)/t15-,17-,22-,29-/m0/s1. The number of ketones is 2. The molecule has 0 aromatic heterocycles. The third kappa shape index (κ3) is 4.10. The Morgan fingerprint density at radius 1 is 1.15 bits per heavy atom. The minimum atomic E-state index is -2.64. The van der Waals surface area contributed by atoms with Crippen LogP contribution in [0.1, 0.15) is 49.0 Å². The number of nitrogens with one attached hydrogen (secondary N) is 1. The molecule has 1 aliphatic heterocycles. The topological polar surface area (TPSA) is 177 Å². The number of rotatable bonds is 5. The van der Waals surface area contributed by atoms with Gasteiger partial charge < -0.3 is 36.4 Å². The maximum absolute atomic E-state index is 13.9. The van der Waals surface area contributed by atoms with Gasteiger partial charge in [0.1, 0.15) is 22.8 Å². The number of aliphatic hydroxyl groups is 3. The van der Waals surface area contributed by atoms with E-state index < -0.39 is 58.0 Å². The molecule has 11 heteroatoms. The van der Waals surface area contributed by atoms with Gasteiger partial charge in [-0.05, 0) is 71.2 Å². The number of hydrogen-bond acceptors (Lipinski definition) is 10. The Bertz CT molecular complexity index is 1340. The van der Waals surface area contributed by atoms with Gasteiger partial charge in [-0.25, -0.2) is 0 Å². The monoisotopic (exact) mass is 554 g/mol. The minimum absolute atomic E-state index is 0.0189. The second kappa shape index (κ2) is 9.90. The summed E-state index contributed by atoms with van der Waals surface area (Å²) in [6.07, 6.45) is 2.10. The molecule has 7 N–H and O–H groups in total. The zero-order valence-corrected chi connectivity index (χ0v) is 23.3. The summed E-state index contributed by atoms with van der Waals surface area (Å²) < 4.78 is 0. The summed E-state index contributed by atoms with van der Waals surface area (Å²) in [7, 11) is 3.21. The molecule has 0 radical (unpaired) electrons. The van der Waals surface area contributed by atoms with E-state index in [9.17, 15) is 34.8 Å². The van der Waals surface area contributed by atoms with Crippen LogP contribution in [-0.4, -0.2) is 98.6 Å². The van der Waals surface area contributed by atoms with Crippen LogP contribution in [0.15, 0.2) is 34.8 Å². The highest BCUT2D eigenvalue weighted by atomic mass is 16.3. The van der Waals surface area contributed by atoms with E-state index in [1.54, 1.807) is 26.2 Å². The van der Waals surface area contributed by atoms with Crippen molar-refractivity contribution >= 4 is 23.2 Å². The number of likely N-dealkylation sites (tertiary alicyclic amines) is 1. The minimum Gasteiger partial charge on any atom is -0.510 e. The zero-order valence-electron chi connectivity index (χ0n) is 23.3. The number of phenols is 1. The van der Waals surface area contributed by atoms with Gasteiger partial charge in [-0.2, -0.15) is 0 Å². The number of Topliss-reactive ketones (excluding diaryl/α,β-unsaturated/α-hetero) is 2. The first kappa shape index (κ1) is 28.1. The number of fused-ring (bicyclic) bond motifs is 3. The number of aromatic hydroxyl groups is 1. The number of benzene rings is 1. The van der Waals surface area contributed by atoms with Gasteiger partial charge in [0.25, 0.3) is 5.91 Å². The number of amides is 1. The summed E-state index contributed by atoms with van der Waals surface area (Å²) in [6.45, 7) is 6.15. The maximum Gasteiger partial charge on any atom is 0.255 e. The fraction of sp³-hybridized carbons (Fsp3) is 0.552. The Morgan fingerprint density at radius 3 is 2.38 bits per heavy atom. The summed E-state index contributed by atoms with van der Waals surface area (Å²) in [5.74, 6) is -6.45. The third-order valence-electron chi connectivity index (χ3n) is 9.21. The van der Waals surface area contributed by atoms with Crippen LogP contribution >= 0.6 is 0 Å². The molecular formula is C29H38N4O7. The molecule has 0 saturated carbocycles. The molecule has 1 aromatic carbocycles. The number of nitrogens with two attached hydrogens (primary N) is 1. The van der Waals surface area contributed by atoms with Crippen LogP contribution in [0.25, 0.3) is 0 Å². The molecule has 4 aliphatic rings. The van der Waals surface area contributed by atoms with Crippen molar-refractivity contribution in [2.45, 2.75) is 63.3 Å². The SMILES string of the molecule is CC(C)N1CCC(Nc2ccc3c(c2O)C(=O)C2=C(O)[C@]4(O)C(=O)C(C(N)=O)=C(O)[C@@H](N(C)C)[C@@H]4C[C@@H]2C3)CC1. The molecule has 1 aromatic rings. The van der Waals surface area contributed by atoms with E-state index in [0.29, 0.717) is 17.3 Å². The highest BCUT2D eigenvalue weighted by Gasteiger charge is 2.63. The van der Waals surface area contributed by atoms with Crippen molar-refractivity contribution in [3.8, 4) is 5.75 Å². The van der Waals surface area contributed by atoms with Crippen LogP contribution < -0.4 is 11.1 Å². The van der Waals surface area contributed by atoms with Crippen LogP contribution in [-0.2, 0) is 16.0 Å². The normalized spacial score (nSPS) is 29.5. The lowest BCUT2D eigenvalue weighted by molar-refractivity contribution is -0.148. The lowest BCUT2D eigenvalue weighted by Crippen LogP contribution is -2.63. The molecular weight excluding hydrogens is 516 g/mol. The van der Waals surface area contributed by atoms with E-state index in [4.69, 9.17) is 5.73 Å². The van der Waals surface area contributed by atoms with Crippen molar-refractivity contribution in [3.63, 3.8) is 0 Å². The molecule has 5 rings (SSSR count). The summed E-state index contributed by atoms with van der Waals surface area (Å²) >= 11 is 0. The number of phenolic OH excluding ortho intramolecular Hbond substituents is 1. The number of primary amides is 1. The molecule has 1 amide bonds. The molecule has 1 saturated heterocycles. The van der Waals surface area contributed by atoms with Crippen LogP contribution in [0.4, 0.5) is 5.69 Å². The average molecular weight is 555 g/mol. The quantitative estimate of drug-likeness (QED) is 0.230. The molecule has 11 nitrogen and oxygen atoms in total. The highest BCUT2D eigenvalue weighted by Crippen LogP contribution is 2.52. The van der Waals surface area contributed by atoms with E-state index in [2.05, 4.69) is 24.1 Å². The molecule has 0 unspecified atom stereocenters. The van der Waals surface area contributed by atoms with Crippen LogP contribution in [0.3, 0.4) is 0 Å². The first-order valence-corrected chi connectivity index (χ1v) is 13.8. The van der Waals surface area contributed by atoms with E-state index in [1.165, 1.54) is 4.90 Å². The van der Waals surface area contributed by atoms with Gasteiger partial charge in [0.15, 0.2) is 11.4 Å². The summed E-state index contributed by atoms with van der Waals surface area (Å²) in [6, 6.07) is 3.10. The molecule has 1 fully saturated rings. The summed E-state index contributed by atoms with van der Waals surface area (Å²) in [5.41, 5.74) is 2.79. The Balaban J connectivity index is 1.52. The fourth-order valence-electron chi connectivity index (χ4n) is 7.12. The molecule has 4 atom stereocenters. The van der Waals surface area contributed by atoms with Gasteiger partial charge in [0.2, 0.25) is 5.78 Å². The highest BCUT2D eigenvalue weighted by molar-refractivity contribution is 6.24. The van der Waals surface area contributed by atoms with Crippen LogP contribution in [0, 0.1) is 11.8 Å². The van der Waals surface area contributed by atoms with Gasteiger partial charge >= 0.3 is 0 Å². The van der Waals surface area contributed by atoms with Crippen LogP contribution in [0.5, 0.6) is 5.75 Å². The number of carbonyl (C=O) groups excluding carboxylic acids is 3. The van der Waals surface area contributed by atoms with Gasteiger partial charge in [0.05, 0.1) is 17.3 Å². The predicted octanol–water partition coefficient (Wildman–Crippen LogP) is 1.41. The smallest absolute Gasteiger partial charge is 0.255 e. The number of allylic oxidation sites excluding steroid dienone is 1. The van der Waals surface area contributed by atoms with E-state index in [1.807, 2.05) is 0 Å². The predicted molar refractivity (Wildman–Crippen MR) is 147 cm³/mol. The number of aliphatic hydroxyl groups excluding tert-OH is 2. The largest absolute Gasteiger partial charge is 0.510 e. The number of likely N-dealkylation sites (N-methyl/N-ethyl adjacent to an activating group) is 1. The third-order valence-corrected chi connectivity index (χ3v) is 9.21. The van der Waals surface area contributed by atoms with Crippen molar-refractivity contribution < 1.29 is 34.8 Å². The van der Waals surface area contributed by atoms with E-state index in [-0.39, 0.29) is 35.8 Å². The Morgan fingerprint density at radius 2 is 1.80 bits per heavy atom. The lowest BCUT2D eigenvalue weighted by atomic mass is 9.58. The van der Waals surface area contributed by atoms with E-state index >= 15 is 0 Å².